The molecule has 1 amide bonds. The third-order valence-electron chi connectivity index (χ3n) is 4.15. The predicted molar refractivity (Wildman–Crippen MR) is 84.6 cm³/mol. The van der Waals surface area contributed by atoms with Crippen LogP contribution in [0.3, 0.4) is 0 Å². The Morgan fingerprint density at radius 2 is 1.95 bits per heavy atom. The van der Waals surface area contributed by atoms with Gasteiger partial charge in [0.2, 0.25) is 5.91 Å². The molecule has 0 aliphatic heterocycles. The number of nitrogens with zero attached hydrogens (tertiary/aromatic N) is 1. The highest BCUT2D eigenvalue weighted by Gasteiger charge is 2.39. The summed E-state index contributed by atoms with van der Waals surface area (Å²) in [5.74, 6) is -1.21. The van der Waals surface area contributed by atoms with Gasteiger partial charge in [-0.15, -0.1) is 0 Å². The lowest BCUT2D eigenvalue weighted by molar-refractivity contribution is -0.151. The van der Waals surface area contributed by atoms with Gasteiger partial charge in [-0.2, -0.15) is 0 Å². The topological polar surface area (TPSA) is 88.4 Å². The molecule has 0 spiro atoms. The molecule has 2 N–H and O–H groups in total. The van der Waals surface area contributed by atoms with E-state index in [1.165, 1.54) is 16.8 Å². The first-order chi connectivity index (χ1) is 10.4. The molecule has 0 saturated heterocycles. The van der Waals surface area contributed by atoms with E-state index in [1.807, 2.05) is 0 Å². The van der Waals surface area contributed by atoms with Crippen LogP contribution < -0.4 is 10.9 Å². The second-order valence-electron chi connectivity index (χ2n) is 5.74. The van der Waals surface area contributed by atoms with Gasteiger partial charge in [0, 0.05) is 23.3 Å². The third kappa shape index (κ3) is 3.97. The zero-order valence-electron chi connectivity index (χ0n) is 12.2. The SMILES string of the molecule is O=C(Cn1cc(Br)ccc1=O)NCC1(C(=O)O)CCCCC1. The molecule has 0 aromatic carbocycles. The van der Waals surface area contributed by atoms with Crippen molar-refractivity contribution in [3.05, 3.63) is 33.2 Å². The number of hydrogen-bond acceptors (Lipinski definition) is 3. The van der Waals surface area contributed by atoms with Gasteiger partial charge in [0.15, 0.2) is 0 Å². The van der Waals surface area contributed by atoms with Crippen LogP contribution in [0.1, 0.15) is 32.1 Å². The van der Waals surface area contributed by atoms with Gasteiger partial charge < -0.3 is 15.0 Å². The van der Waals surface area contributed by atoms with Crippen molar-refractivity contribution in [2.45, 2.75) is 38.6 Å². The normalized spacial score (nSPS) is 17.0. The molecule has 1 aliphatic rings. The predicted octanol–water partition coefficient (Wildman–Crippen LogP) is 1.76. The number of hydrogen-bond donors (Lipinski definition) is 2. The van der Waals surface area contributed by atoms with Crippen molar-refractivity contribution in [3.63, 3.8) is 0 Å². The van der Waals surface area contributed by atoms with E-state index in [1.54, 1.807) is 6.07 Å². The Kier molecular flexibility index (Phi) is 5.39. The van der Waals surface area contributed by atoms with Crippen molar-refractivity contribution in [2.75, 3.05) is 6.54 Å². The molecular formula is C15H19BrN2O4. The van der Waals surface area contributed by atoms with Crippen molar-refractivity contribution in [3.8, 4) is 0 Å². The summed E-state index contributed by atoms with van der Waals surface area (Å²) in [7, 11) is 0. The molecule has 1 heterocycles. The zero-order chi connectivity index (χ0) is 16.2. The molecule has 1 fully saturated rings. The largest absolute Gasteiger partial charge is 0.481 e. The maximum Gasteiger partial charge on any atom is 0.311 e. The highest BCUT2D eigenvalue weighted by molar-refractivity contribution is 9.10. The average molecular weight is 371 g/mol. The number of aromatic nitrogens is 1. The Morgan fingerprint density at radius 3 is 2.59 bits per heavy atom. The zero-order valence-corrected chi connectivity index (χ0v) is 13.8. The van der Waals surface area contributed by atoms with Crippen molar-refractivity contribution in [1.29, 1.82) is 0 Å². The second kappa shape index (κ2) is 7.09. The van der Waals surface area contributed by atoms with Gasteiger partial charge in [-0.1, -0.05) is 19.3 Å². The minimum atomic E-state index is -0.865. The summed E-state index contributed by atoms with van der Waals surface area (Å²) in [4.78, 5) is 35.2. The number of carbonyl (C=O) groups is 2. The van der Waals surface area contributed by atoms with E-state index in [0.29, 0.717) is 17.3 Å². The van der Waals surface area contributed by atoms with Crippen molar-refractivity contribution >= 4 is 27.8 Å². The van der Waals surface area contributed by atoms with E-state index in [0.717, 1.165) is 19.3 Å². The first kappa shape index (κ1) is 16.7. The first-order valence-corrected chi connectivity index (χ1v) is 8.08. The van der Waals surface area contributed by atoms with E-state index in [9.17, 15) is 19.5 Å². The first-order valence-electron chi connectivity index (χ1n) is 7.29. The highest BCUT2D eigenvalue weighted by atomic mass is 79.9. The summed E-state index contributed by atoms with van der Waals surface area (Å²) >= 11 is 3.25. The Hall–Kier alpha value is -1.63. The summed E-state index contributed by atoms with van der Waals surface area (Å²) in [6, 6.07) is 2.98. The van der Waals surface area contributed by atoms with Gasteiger partial charge in [-0.05, 0) is 34.8 Å². The number of halogens is 1. The van der Waals surface area contributed by atoms with Crippen molar-refractivity contribution in [1.82, 2.24) is 9.88 Å². The smallest absolute Gasteiger partial charge is 0.311 e. The van der Waals surface area contributed by atoms with Crippen LogP contribution in [-0.4, -0.2) is 28.1 Å². The van der Waals surface area contributed by atoms with Crippen LogP contribution in [0, 0.1) is 5.41 Å². The molecule has 0 radical (unpaired) electrons. The number of carboxylic acid groups (broad SMARTS) is 1. The fourth-order valence-electron chi connectivity index (χ4n) is 2.80. The molecule has 2 rings (SSSR count). The van der Waals surface area contributed by atoms with Gasteiger partial charge >= 0.3 is 5.97 Å². The maximum atomic E-state index is 12.0. The van der Waals surface area contributed by atoms with Gasteiger partial charge in [-0.25, -0.2) is 0 Å². The van der Waals surface area contributed by atoms with Crippen molar-refractivity contribution in [2.24, 2.45) is 5.41 Å². The molecule has 120 valence electrons. The van der Waals surface area contributed by atoms with E-state index in [2.05, 4.69) is 21.2 Å². The lowest BCUT2D eigenvalue weighted by atomic mass is 9.74. The molecule has 1 aromatic heterocycles. The molecule has 1 aromatic rings. The molecule has 0 bridgehead atoms. The molecule has 6 nitrogen and oxygen atoms in total. The number of rotatable bonds is 5. The standard InChI is InChI=1S/C15H19BrN2O4/c16-11-4-5-13(20)18(8-11)9-12(19)17-10-15(14(21)22)6-2-1-3-7-15/h4-5,8H,1-3,6-7,9-10H2,(H,17,19)(H,21,22). The van der Waals surface area contributed by atoms with Gasteiger partial charge in [0.05, 0.1) is 5.41 Å². The Labute approximate surface area is 136 Å². The second-order valence-corrected chi connectivity index (χ2v) is 6.65. The fourth-order valence-corrected chi connectivity index (χ4v) is 3.18. The number of amides is 1. The quantitative estimate of drug-likeness (QED) is 0.826. The van der Waals surface area contributed by atoms with Gasteiger partial charge in [0.1, 0.15) is 6.54 Å². The molecular weight excluding hydrogens is 352 g/mol. The molecule has 7 heteroatoms. The fraction of sp³-hybridized carbons (Fsp3) is 0.533. The molecule has 1 aliphatic carbocycles. The summed E-state index contributed by atoms with van der Waals surface area (Å²) in [6.45, 7) is -0.00209. The monoisotopic (exact) mass is 370 g/mol. The average Bonchev–Trinajstić information content (AvgIpc) is 2.50. The van der Waals surface area contributed by atoms with Crippen molar-refractivity contribution < 1.29 is 14.7 Å². The lowest BCUT2D eigenvalue weighted by Crippen LogP contribution is -2.45. The Morgan fingerprint density at radius 1 is 1.27 bits per heavy atom. The maximum absolute atomic E-state index is 12.0. The van der Waals surface area contributed by atoms with Crippen LogP contribution in [0.2, 0.25) is 0 Å². The van der Waals surface area contributed by atoms with E-state index >= 15 is 0 Å². The highest BCUT2D eigenvalue weighted by Crippen LogP contribution is 2.35. The van der Waals surface area contributed by atoms with Crippen LogP contribution in [0.15, 0.2) is 27.6 Å². The minimum absolute atomic E-state index is 0.115. The minimum Gasteiger partial charge on any atom is -0.481 e. The van der Waals surface area contributed by atoms with E-state index in [-0.39, 0.29) is 24.6 Å². The number of nitrogens with one attached hydrogen (secondary N) is 1. The molecule has 1 saturated carbocycles. The van der Waals surface area contributed by atoms with E-state index in [4.69, 9.17) is 0 Å². The number of aliphatic carboxylic acids is 1. The Bertz CT molecular complexity index is 620. The van der Waals surface area contributed by atoms with E-state index < -0.39 is 11.4 Å². The molecule has 0 unspecified atom stereocenters. The number of carbonyl (C=O) groups excluding carboxylic acids is 1. The van der Waals surface area contributed by atoms with Crippen LogP contribution in [0.25, 0.3) is 0 Å². The van der Waals surface area contributed by atoms with Crippen LogP contribution >= 0.6 is 15.9 Å². The summed E-state index contributed by atoms with van der Waals surface area (Å²) in [5.41, 5.74) is -1.14. The van der Waals surface area contributed by atoms with Gasteiger partial charge in [0.25, 0.3) is 5.56 Å². The molecule has 0 atom stereocenters. The summed E-state index contributed by atoms with van der Waals surface area (Å²) in [5, 5.41) is 12.1. The number of pyridine rings is 1. The lowest BCUT2D eigenvalue weighted by Gasteiger charge is -2.33. The third-order valence-corrected chi connectivity index (χ3v) is 4.62. The summed E-state index contributed by atoms with van der Waals surface area (Å²) in [6.07, 6.45) is 5.48. The Balaban J connectivity index is 1.98. The number of carboxylic acids is 1. The van der Waals surface area contributed by atoms with Crippen LogP contribution in [-0.2, 0) is 16.1 Å². The van der Waals surface area contributed by atoms with Gasteiger partial charge in [-0.3, -0.25) is 14.4 Å². The van der Waals surface area contributed by atoms with Crippen LogP contribution in [0.4, 0.5) is 0 Å². The van der Waals surface area contributed by atoms with Crippen LogP contribution in [0.5, 0.6) is 0 Å². The summed E-state index contributed by atoms with van der Waals surface area (Å²) < 4.78 is 1.99. The molecule has 22 heavy (non-hydrogen) atoms.